The van der Waals surface area contributed by atoms with Gasteiger partial charge in [0.25, 0.3) is 0 Å². The highest BCUT2D eigenvalue weighted by Gasteiger charge is 2.70. The molecular formula is C25H28Cl2O6. The third-order valence-corrected chi connectivity index (χ3v) is 8.61. The van der Waals surface area contributed by atoms with E-state index >= 15 is 0 Å². The number of carbonyl (C=O) groups is 2. The van der Waals surface area contributed by atoms with Crippen molar-refractivity contribution in [2.75, 3.05) is 0 Å². The molecule has 33 heavy (non-hydrogen) atoms. The predicted octanol–water partition coefficient (Wildman–Crippen LogP) is 4.59. The van der Waals surface area contributed by atoms with Crippen LogP contribution in [-0.4, -0.2) is 54.4 Å². The Hall–Kier alpha value is -1.86. The van der Waals surface area contributed by atoms with Crippen LogP contribution in [0.1, 0.15) is 72.7 Å². The Balaban J connectivity index is 2.05. The summed E-state index contributed by atoms with van der Waals surface area (Å²) in [5, 5.41) is 31.6. The van der Waals surface area contributed by atoms with E-state index in [4.69, 9.17) is 27.9 Å². The van der Waals surface area contributed by atoms with Crippen molar-refractivity contribution in [3.8, 4) is 11.5 Å². The number of phenolic OH excluding ortho intramolecular Hbond substituents is 2. The Labute approximate surface area is 202 Å². The van der Waals surface area contributed by atoms with Crippen LogP contribution in [0.2, 0.25) is 0 Å². The number of ether oxygens (including phenoxy) is 1. The molecule has 1 aromatic rings. The van der Waals surface area contributed by atoms with Crippen LogP contribution in [0.3, 0.4) is 0 Å². The molecule has 0 aromatic heterocycles. The van der Waals surface area contributed by atoms with Crippen molar-refractivity contribution in [2.24, 2.45) is 0 Å². The second-order valence-corrected chi connectivity index (χ2v) is 11.1. The Morgan fingerprint density at radius 2 is 1.88 bits per heavy atom. The molecule has 4 bridgehead atoms. The molecule has 4 aliphatic carbocycles. The van der Waals surface area contributed by atoms with Crippen LogP contribution in [0.4, 0.5) is 0 Å². The average molecular weight is 495 g/mol. The fraction of sp³-hybridized carbons (Fsp3) is 0.520. The van der Waals surface area contributed by atoms with Crippen LogP contribution in [-0.2, 0) is 11.2 Å². The van der Waals surface area contributed by atoms with Gasteiger partial charge in [-0.1, -0.05) is 18.2 Å². The van der Waals surface area contributed by atoms with Crippen LogP contribution < -0.4 is 0 Å². The standard InChI is InChI=1S/C25H28Cl2O6/c1-12-5-6-16(28)13(2)9-14-17(29)10-15-19(20(14)30)22(32)24(27)11-18(26)23(3,4)33-25(24,8-7-12)21(15)31/h7,10,16,18,28-30H,2,5-6,8-9,11H2,1,3-4H3/b12-7+/t16?,18-,24+,25+/m1/s1. The maximum absolute atomic E-state index is 14.0. The number of benzene rings is 1. The molecule has 0 amide bonds. The summed E-state index contributed by atoms with van der Waals surface area (Å²) < 4.78 is 6.33. The number of Topliss-reactive ketones (excluding diaryl/α,β-unsaturated/α-hetero) is 2. The lowest BCUT2D eigenvalue weighted by Crippen LogP contribution is -2.72. The molecule has 1 aliphatic heterocycles. The first-order valence-electron chi connectivity index (χ1n) is 11.0. The molecule has 1 saturated heterocycles. The van der Waals surface area contributed by atoms with Gasteiger partial charge >= 0.3 is 0 Å². The Kier molecular flexibility index (Phi) is 5.77. The largest absolute Gasteiger partial charge is 0.507 e. The minimum atomic E-state index is -1.85. The Bertz CT molecular complexity index is 1110. The summed E-state index contributed by atoms with van der Waals surface area (Å²) in [7, 11) is 0. The molecule has 0 saturated carbocycles. The number of ketones is 2. The molecule has 1 unspecified atom stereocenters. The summed E-state index contributed by atoms with van der Waals surface area (Å²) in [6.07, 6.45) is 1.69. The maximum Gasteiger partial charge on any atom is 0.198 e. The van der Waals surface area contributed by atoms with E-state index in [2.05, 4.69) is 6.58 Å². The Morgan fingerprint density at radius 1 is 1.21 bits per heavy atom. The molecule has 6 rings (SSSR count). The lowest BCUT2D eigenvalue weighted by Gasteiger charge is -2.56. The number of alkyl halides is 2. The molecule has 1 heterocycles. The molecule has 5 aliphatic rings. The zero-order valence-corrected chi connectivity index (χ0v) is 20.4. The van der Waals surface area contributed by atoms with E-state index in [1.807, 2.05) is 6.92 Å². The van der Waals surface area contributed by atoms with E-state index in [9.17, 15) is 24.9 Å². The zero-order chi connectivity index (χ0) is 24.5. The fourth-order valence-corrected chi connectivity index (χ4v) is 5.88. The molecule has 4 atom stereocenters. The highest BCUT2D eigenvalue weighted by molar-refractivity contribution is 6.45. The average Bonchev–Trinajstić information content (AvgIpc) is 2.73. The summed E-state index contributed by atoms with van der Waals surface area (Å²) in [6, 6.07) is 1.17. The van der Waals surface area contributed by atoms with E-state index in [1.54, 1.807) is 19.9 Å². The second kappa shape index (κ2) is 7.84. The number of rotatable bonds is 0. The highest BCUT2D eigenvalue weighted by atomic mass is 35.5. The summed E-state index contributed by atoms with van der Waals surface area (Å²) in [5.74, 6) is -2.16. The summed E-state index contributed by atoms with van der Waals surface area (Å²) in [6.45, 7) is 9.24. The quantitative estimate of drug-likeness (QED) is 0.359. The van der Waals surface area contributed by atoms with E-state index < -0.39 is 44.9 Å². The molecule has 1 aromatic carbocycles. The number of aromatic hydroxyl groups is 2. The number of allylic oxidation sites excluding steroid dienone is 1. The van der Waals surface area contributed by atoms with Gasteiger partial charge in [0, 0.05) is 24.0 Å². The van der Waals surface area contributed by atoms with Gasteiger partial charge < -0.3 is 20.1 Å². The number of carbonyl (C=O) groups excluding carboxylic acids is 2. The molecule has 0 radical (unpaired) electrons. The van der Waals surface area contributed by atoms with Crippen molar-refractivity contribution >= 4 is 34.8 Å². The number of hydrogen-bond donors (Lipinski definition) is 3. The van der Waals surface area contributed by atoms with E-state index in [1.165, 1.54) is 6.07 Å². The van der Waals surface area contributed by atoms with Crippen LogP contribution in [0.5, 0.6) is 11.5 Å². The zero-order valence-electron chi connectivity index (χ0n) is 18.9. The number of phenols is 2. The summed E-state index contributed by atoms with van der Waals surface area (Å²) in [5.41, 5.74) is -1.87. The number of fused-ring (bicyclic) bond motifs is 1. The fourth-order valence-electron chi connectivity index (χ4n) is 5.08. The lowest BCUT2D eigenvalue weighted by atomic mass is 9.63. The van der Waals surface area contributed by atoms with E-state index in [0.717, 1.165) is 5.57 Å². The van der Waals surface area contributed by atoms with Crippen LogP contribution in [0.25, 0.3) is 0 Å². The van der Waals surface area contributed by atoms with E-state index in [-0.39, 0.29) is 41.7 Å². The summed E-state index contributed by atoms with van der Waals surface area (Å²) in [4.78, 5) is 26.0. The maximum atomic E-state index is 14.0. The predicted molar refractivity (Wildman–Crippen MR) is 126 cm³/mol. The molecule has 1 spiro atoms. The van der Waals surface area contributed by atoms with Gasteiger partial charge in [-0.25, -0.2) is 0 Å². The number of hydrogen-bond acceptors (Lipinski definition) is 6. The van der Waals surface area contributed by atoms with Gasteiger partial charge in [0.2, 0.25) is 0 Å². The number of aliphatic hydroxyl groups excluding tert-OH is 1. The van der Waals surface area contributed by atoms with Crippen molar-refractivity contribution in [3.63, 3.8) is 0 Å². The molecular weight excluding hydrogens is 467 g/mol. The van der Waals surface area contributed by atoms with Gasteiger partial charge in [-0.05, 0) is 51.7 Å². The normalized spacial score (nSPS) is 35.7. The summed E-state index contributed by atoms with van der Waals surface area (Å²) >= 11 is 13.6. The van der Waals surface area contributed by atoms with Crippen molar-refractivity contribution < 1.29 is 29.6 Å². The van der Waals surface area contributed by atoms with Crippen molar-refractivity contribution in [1.82, 2.24) is 0 Å². The third-order valence-electron chi connectivity index (χ3n) is 7.30. The van der Waals surface area contributed by atoms with Crippen LogP contribution in [0.15, 0.2) is 29.9 Å². The SMILES string of the molecule is C=C1Cc2c(O)cc3c(c2O)C(=O)[C@@]2(Cl)C[C@@H](Cl)C(C)(C)O[C@@]2(C/C=C(\C)CCC1O)C3=O. The smallest absolute Gasteiger partial charge is 0.198 e. The van der Waals surface area contributed by atoms with Gasteiger partial charge in [0.05, 0.1) is 22.6 Å². The first-order chi connectivity index (χ1) is 15.2. The monoisotopic (exact) mass is 494 g/mol. The topological polar surface area (TPSA) is 104 Å². The second-order valence-electron chi connectivity index (χ2n) is 9.95. The minimum Gasteiger partial charge on any atom is -0.507 e. The van der Waals surface area contributed by atoms with E-state index in [0.29, 0.717) is 18.4 Å². The van der Waals surface area contributed by atoms with Gasteiger partial charge in [-0.15, -0.1) is 23.2 Å². The van der Waals surface area contributed by atoms with Gasteiger partial charge in [-0.3, -0.25) is 9.59 Å². The van der Waals surface area contributed by atoms with Gasteiger partial charge in [0.15, 0.2) is 17.2 Å². The minimum absolute atomic E-state index is 0.000295. The van der Waals surface area contributed by atoms with Crippen molar-refractivity contribution in [2.45, 2.75) is 80.4 Å². The molecule has 178 valence electrons. The third kappa shape index (κ3) is 3.45. The van der Waals surface area contributed by atoms with Crippen LogP contribution >= 0.6 is 23.2 Å². The lowest BCUT2D eigenvalue weighted by molar-refractivity contribution is -0.157. The number of aliphatic hydroxyl groups is 1. The number of halogens is 2. The molecule has 6 nitrogen and oxygen atoms in total. The van der Waals surface area contributed by atoms with Crippen molar-refractivity contribution in [1.29, 1.82) is 0 Å². The Morgan fingerprint density at radius 3 is 2.55 bits per heavy atom. The molecule has 8 heteroatoms. The first-order valence-corrected chi connectivity index (χ1v) is 11.8. The first kappa shape index (κ1) is 24.3. The van der Waals surface area contributed by atoms with Gasteiger partial charge in [-0.2, -0.15) is 0 Å². The van der Waals surface area contributed by atoms with Crippen molar-refractivity contribution in [3.05, 3.63) is 46.6 Å². The van der Waals surface area contributed by atoms with Gasteiger partial charge in [0.1, 0.15) is 16.4 Å². The highest BCUT2D eigenvalue weighted by Crippen LogP contribution is 2.57. The molecule has 1 fully saturated rings. The molecule has 3 N–H and O–H groups in total. The van der Waals surface area contributed by atoms with Crippen LogP contribution in [0, 0.1) is 0 Å².